The third-order valence-electron chi connectivity index (χ3n) is 4.68. The van der Waals surface area contributed by atoms with Crippen LogP contribution in [0.5, 0.6) is 5.75 Å². The molecule has 0 unspecified atom stereocenters. The van der Waals surface area contributed by atoms with E-state index in [1.54, 1.807) is 38.3 Å². The van der Waals surface area contributed by atoms with Crippen LogP contribution >= 0.6 is 11.8 Å². The van der Waals surface area contributed by atoms with Gasteiger partial charge in [-0.3, -0.25) is 4.79 Å². The summed E-state index contributed by atoms with van der Waals surface area (Å²) in [6.45, 7) is 8.30. The van der Waals surface area contributed by atoms with E-state index < -0.39 is 5.25 Å². The first-order valence-corrected chi connectivity index (χ1v) is 10.5. The van der Waals surface area contributed by atoms with Gasteiger partial charge >= 0.3 is 0 Å². The van der Waals surface area contributed by atoms with Crippen molar-refractivity contribution in [3.63, 3.8) is 0 Å². The van der Waals surface area contributed by atoms with Gasteiger partial charge in [-0.25, -0.2) is 4.68 Å². The Labute approximate surface area is 181 Å². The number of ether oxygens (including phenoxy) is 1. The fourth-order valence-corrected chi connectivity index (χ4v) is 3.57. The molecule has 1 atom stereocenters. The van der Waals surface area contributed by atoms with Gasteiger partial charge in [-0.05, 0) is 42.2 Å². The van der Waals surface area contributed by atoms with E-state index in [0.29, 0.717) is 16.7 Å². The van der Waals surface area contributed by atoms with Gasteiger partial charge in [0.2, 0.25) is 11.1 Å². The molecular weight excluding hydrogens is 398 g/mol. The molecule has 3 aromatic rings. The van der Waals surface area contributed by atoms with Gasteiger partial charge in [0, 0.05) is 11.3 Å². The van der Waals surface area contributed by atoms with Gasteiger partial charge in [0.1, 0.15) is 5.75 Å². The number of nitrogens with two attached hydrogens (primary N) is 1. The zero-order chi connectivity index (χ0) is 21.9. The van der Waals surface area contributed by atoms with Crippen molar-refractivity contribution in [2.75, 3.05) is 18.3 Å². The Morgan fingerprint density at radius 1 is 1.10 bits per heavy atom. The predicted octanol–water partition coefficient (Wildman–Crippen LogP) is 4.08. The Hall–Kier alpha value is -3.00. The minimum Gasteiger partial charge on any atom is -0.497 e. The maximum Gasteiger partial charge on any atom is 0.237 e. The number of nitrogens with zero attached hydrogens (tertiary/aromatic N) is 3. The molecule has 8 heteroatoms. The molecule has 0 fully saturated rings. The van der Waals surface area contributed by atoms with E-state index >= 15 is 0 Å². The van der Waals surface area contributed by atoms with Crippen LogP contribution in [0.1, 0.15) is 33.3 Å². The maximum atomic E-state index is 12.5. The highest BCUT2D eigenvalue weighted by atomic mass is 32.2. The van der Waals surface area contributed by atoms with E-state index in [0.717, 1.165) is 11.3 Å². The van der Waals surface area contributed by atoms with Crippen molar-refractivity contribution in [2.24, 2.45) is 0 Å². The number of nitrogens with one attached hydrogen (secondary N) is 1. The number of thioether (sulfide) groups is 1. The van der Waals surface area contributed by atoms with Gasteiger partial charge < -0.3 is 15.9 Å². The first-order chi connectivity index (χ1) is 14.2. The van der Waals surface area contributed by atoms with Crippen molar-refractivity contribution in [1.29, 1.82) is 0 Å². The number of carbonyl (C=O) groups is 1. The lowest BCUT2D eigenvalue weighted by atomic mass is 9.87. The van der Waals surface area contributed by atoms with Crippen LogP contribution in [0.15, 0.2) is 53.7 Å². The van der Waals surface area contributed by atoms with Crippen LogP contribution in [0.3, 0.4) is 0 Å². The van der Waals surface area contributed by atoms with Crippen molar-refractivity contribution in [2.45, 2.75) is 43.5 Å². The monoisotopic (exact) mass is 425 g/mol. The summed E-state index contributed by atoms with van der Waals surface area (Å²) in [6.07, 6.45) is 0. The van der Waals surface area contributed by atoms with Crippen molar-refractivity contribution >= 4 is 23.4 Å². The van der Waals surface area contributed by atoms with Crippen molar-refractivity contribution in [3.05, 3.63) is 54.1 Å². The Bertz CT molecular complexity index is 1010. The Morgan fingerprint density at radius 3 is 2.30 bits per heavy atom. The molecule has 30 heavy (non-hydrogen) atoms. The molecule has 3 rings (SSSR count). The number of aromatic nitrogens is 3. The van der Waals surface area contributed by atoms with E-state index in [1.165, 1.54) is 22.0 Å². The lowest BCUT2D eigenvalue weighted by Crippen LogP contribution is -2.23. The summed E-state index contributed by atoms with van der Waals surface area (Å²) in [4.78, 5) is 12.5. The zero-order valence-electron chi connectivity index (χ0n) is 17.8. The summed E-state index contributed by atoms with van der Waals surface area (Å²) in [5.74, 6) is 7.36. The van der Waals surface area contributed by atoms with E-state index in [9.17, 15) is 4.79 Å². The lowest BCUT2D eigenvalue weighted by molar-refractivity contribution is -0.115. The number of rotatable bonds is 6. The SMILES string of the molecule is COc1ccc(NC(=O)[C@H](C)Sc2nnc(-c3ccc(C(C)(C)C)cc3)n2N)cc1. The number of amides is 1. The van der Waals surface area contributed by atoms with E-state index in [2.05, 4.69) is 48.4 Å². The van der Waals surface area contributed by atoms with Gasteiger partial charge in [0.25, 0.3) is 0 Å². The number of hydrogen-bond acceptors (Lipinski definition) is 6. The molecule has 158 valence electrons. The first-order valence-electron chi connectivity index (χ1n) is 9.62. The molecule has 7 nitrogen and oxygen atoms in total. The number of carbonyl (C=O) groups excluding carboxylic acids is 1. The maximum absolute atomic E-state index is 12.5. The van der Waals surface area contributed by atoms with Gasteiger partial charge in [-0.1, -0.05) is 56.8 Å². The van der Waals surface area contributed by atoms with Gasteiger partial charge in [-0.15, -0.1) is 10.2 Å². The largest absolute Gasteiger partial charge is 0.497 e. The second-order valence-corrected chi connectivity index (χ2v) is 9.29. The minimum atomic E-state index is -0.408. The predicted molar refractivity (Wildman–Crippen MR) is 121 cm³/mol. The first kappa shape index (κ1) is 21.7. The van der Waals surface area contributed by atoms with Crippen LogP contribution in [-0.2, 0) is 10.2 Å². The number of nitrogen functional groups attached to an aromatic ring is 1. The molecule has 1 aromatic heterocycles. The molecule has 1 amide bonds. The Balaban J connectivity index is 1.68. The molecular formula is C22H27N5O2S. The normalized spacial score (nSPS) is 12.4. The zero-order valence-corrected chi connectivity index (χ0v) is 18.7. The van der Waals surface area contributed by atoms with Crippen molar-refractivity contribution in [1.82, 2.24) is 14.9 Å². The Morgan fingerprint density at radius 2 is 1.73 bits per heavy atom. The summed E-state index contributed by atoms with van der Waals surface area (Å²) in [5.41, 5.74) is 2.87. The second-order valence-electron chi connectivity index (χ2n) is 7.98. The average Bonchev–Trinajstić information content (AvgIpc) is 3.08. The molecule has 3 N–H and O–H groups in total. The van der Waals surface area contributed by atoms with Crippen LogP contribution in [-0.4, -0.2) is 33.1 Å². The summed E-state index contributed by atoms with van der Waals surface area (Å²) in [5, 5.41) is 11.3. The number of anilines is 1. The smallest absolute Gasteiger partial charge is 0.237 e. The molecule has 0 bridgehead atoms. The topological polar surface area (TPSA) is 95.1 Å². The van der Waals surface area contributed by atoms with Gasteiger partial charge in [0.15, 0.2) is 5.82 Å². The second kappa shape index (κ2) is 8.79. The van der Waals surface area contributed by atoms with E-state index in [4.69, 9.17) is 10.6 Å². The van der Waals surface area contributed by atoms with Crippen molar-refractivity contribution in [3.8, 4) is 17.1 Å². The molecule has 0 saturated carbocycles. The van der Waals surface area contributed by atoms with Crippen LogP contribution in [0, 0.1) is 0 Å². The molecule has 0 aliphatic heterocycles. The minimum absolute atomic E-state index is 0.0720. The lowest BCUT2D eigenvalue weighted by Gasteiger charge is -2.19. The van der Waals surface area contributed by atoms with E-state index in [1.807, 2.05) is 12.1 Å². The summed E-state index contributed by atoms with van der Waals surface area (Å²) < 4.78 is 6.55. The standard InChI is InChI=1S/C22H27N5O2S/c1-14(20(28)24-17-10-12-18(29-5)13-11-17)30-21-26-25-19(27(21)23)15-6-8-16(9-7-15)22(2,3)4/h6-14H,23H2,1-5H3,(H,24,28)/t14-/m0/s1. The van der Waals surface area contributed by atoms with Gasteiger partial charge in [-0.2, -0.15) is 0 Å². The number of hydrogen-bond donors (Lipinski definition) is 2. The van der Waals surface area contributed by atoms with Gasteiger partial charge in [0.05, 0.1) is 12.4 Å². The fourth-order valence-electron chi connectivity index (χ4n) is 2.80. The van der Waals surface area contributed by atoms with Crippen molar-refractivity contribution < 1.29 is 9.53 Å². The summed E-state index contributed by atoms with van der Waals surface area (Å²) >= 11 is 1.26. The van der Waals surface area contributed by atoms with Crippen LogP contribution < -0.4 is 15.9 Å². The highest BCUT2D eigenvalue weighted by Gasteiger charge is 2.21. The van der Waals surface area contributed by atoms with E-state index in [-0.39, 0.29) is 11.3 Å². The number of benzene rings is 2. The highest BCUT2D eigenvalue weighted by Crippen LogP contribution is 2.28. The molecule has 2 aromatic carbocycles. The summed E-state index contributed by atoms with van der Waals surface area (Å²) in [6, 6.07) is 15.3. The Kier molecular flexibility index (Phi) is 6.36. The third-order valence-corrected chi connectivity index (χ3v) is 5.74. The highest BCUT2D eigenvalue weighted by molar-refractivity contribution is 8.00. The quantitative estimate of drug-likeness (QED) is 0.456. The molecule has 1 heterocycles. The number of methoxy groups -OCH3 is 1. The van der Waals surface area contributed by atoms with Crippen LogP contribution in [0.2, 0.25) is 0 Å². The molecule has 0 aliphatic rings. The molecule has 0 aliphatic carbocycles. The third kappa shape index (κ3) is 4.94. The molecule has 0 spiro atoms. The van der Waals surface area contributed by atoms with Crippen LogP contribution in [0.4, 0.5) is 5.69 Å². The molecule has 0 radical (unpaired) electrons. The molecule has 0 saturated heterocycles. The summed E-state index contributed by atoms with van der Waals surface area (Å²) in [7, 11) is 1.60. The van der Waals surface area contributed by atoms with Crippen LogP contribution in [0.25, 0.3) is 11.4 Å². The fraction of sp³-hybridized carbons (Fsp3) is 0.318. The average molecular weight is 426 g/mol.